The number of aromatic amines is 1. The Hall–Kier alpha value is -2.86. The lowest BCUT2D eigenvalue weighted by molar-refractivity contribution is 0.00599. The zero-order valence-corrected chi connectivity index (χ0v) is 21.8. The molecule has 0 radical (unpaired) electrons. The van der Waals surface area contributed by atoms with Crippen LogP contribution >= 0.6 is 0 Å². The Morgan fingerprint density at radius 1 is 0.711 bits per heavy atom. The number of phenols is 1. The third kappa shape index (κ3) is 9.46. The van der Waals surface area contributed by atoms with Gasteiger partial charge in [-0.3, -0.25) is 14.6 Å². The number of H-pyrrole nitrogens is 1. The molecule has 38 heavy (non-hydrogen) atoms. The van der Waals surface area contributed by atoms with Gasteiger partial charge in [-0.15, -0.1) is 0 Å². The lowest BCUT2D eigenvalue weighted by Crippen LogP contribution is -2.33. The van der Waals surface area contributed by atoms with E-state index in [0.717, 1.165) is 43.0 Å². The molecule has 1 aromatic carbocycles. The van der Waals surface area contributed by atoms with E-state index in [1.165, 1.54) is 6.07 Å². The lowest BCUT2D eigenvalue weighted by atomic mass is 10.2. The first-order valence-corrected chi connectivity index (χ1v) is 13.2. The zero-order valence-electron chi connectivity index (χ0n) is 21.8. The molecule has 1 fully saturated rings. The molecule has 0 saturated carbocycles. The number of nitrogens with one attached hydrogen (secondary N) is 1. The molecule has 1 aliphatic rings. The van der Waals surface area contributed by atoms with Crippen LogP contribution in [0.2, 0.25) is 0 Å². The van der Waals surface area contributed by atoms with Crippen LogP contribution in [0.25, 0.3) is 10.9 Å². The van der Waals surface area contributed by atoms with E-state index in [1.54, 1.807) is 12.1 Å². The van der Waals surface area contributed by atoms with Crippen LogP contribution in [-0.2, 0) is 32.0 Å². The highest BCUT2D eigenvalue weighted by Gasteiger charge is 2.11. The second-order valence-electron chi connectivity index (χ2n) is 9.19. The van der Waals surface area contributed by atoms with Gasteiger partial charge in [-0.2, -0.15) is 0 Å². The summed E-state index contributed by atoms with van der Waals surface area (Å²) in [4.78, 5) is 23.6. The van der Waals surface area contributed by atoms with Gasteiger partial charge in [-0.05, 0) is 18.2 Å². The van der Waals surface area contributed by atoms with Gasteiger partial charge in [0.15, 0.2) is 0 Å². The molecule has 10 heteroatoms. The third-order valence-electron chi connectivity index (χ3n) is 6.32. The molecule has 206 valence electrons. The molecule has 0 bridgehead atoms. The third-order valence-corrected chi connectivity index (χ3v) is 6.32. The molecular weight excluding hydrogens is 488 g/mol. The van der Waals surface area contributed by atoms with Crippen molar-refractivity contribution in [1.29, 1.82) is 0 Å². The van der Waals surface area contributed by atoms with Crippen molar-refractivity contribution in [2.75, 3.05) is 79.0 Å². The van der Waals surface area contributed by atoms with Crippen LogP contribution in [0.1, 0.15) is 11.4 Å². The van der Waals surface area contributed by atoms with Crippen molar-refractivity contribution >= 4 is 10.9 Å². The quantitative estimate of drug-likeness (QED) is 0.528. The number of phenolic OH excluding ortho intramolecular Hbond substituents is 1. The van der Waals surface area contributed by atoms with Crippen molar-refractivity contribution in [1.82, 2.24) is 19.8 Å². The number of pyridine rings is 2. The predicted molar refractivity (Wildman–Crippen MR) is 144 cm³/mol. The number of fused-ring (bicyclic) bond motifs is 1. The lowest BCUT2D eigenvalue weighted by Gasteiger charge is -2.23. The smallest absolute Gasteiger partial charge is 0.248 e. The topological polar surface area (TPSA) is 109 Å². The van der Waals surface area contributed by atoms with Crippen LogP contribution in [-0.4, -0.2) is 104 Å². The summed E-state index contributed by atoms with van der Waals surface area (Å²) >= 11 is 0. The van der Waals surface area contributed by atoms with Crippen LogP contribution in [0.4, 0.5) is 0 Å². The summed E-state index contributed by atoms with van der Waals surface area (Å²) in [6.45, 7) is 8.48. The van der Waals surface area contributed by atoms with Gasteiger partial charge < -0.3 is 29.0 Å². The molecule has 0 spiro atoms. The molecule has 4 rings (SSSR count). The van der Waals surface area contributed by atoms with E-state index in [2.05, 4.69) is 19.8 Å². The fourth-order valence-electron chi connectivity index (χ4n) is 4.27. The van der Waals surface area contributed by atoms with Crippen molar-refractivity contribution < 1.29 is 24.1 Å². The van der Waals surface area contributed by atoms with E-state index in [4.69, 9.17) is 18.9 Å². The highest BCUT2D eigenvalue weighted by Crippen LogP contribution is 2.22. The molecule has 2 aromatic heterocycles. The average molecular weight is 527 g/mol. The van der Waals surface area contributed by atoms with Crippen molar-refractivity contribution in [2.45, 2.75) is 13.1 Å². The Kier molecular flexibility index (Phi) is 11.5. The summed E-state index contributed by atoms with van der Waals surface area (Å²) in [7, 11) is 0. The number of hydrogen-bond donors (Lipinski definition) is 2. The van der Waals surface area contributed by atoms with Gasteiger partial charge in [0.1, 0.15) is 11.3 Å². The van der Waals surface area contributed by atoms with Crippen LogP contribution < -0.4 is 5.56 Å². The first-order valence-electron chi connectivity index (χ1n) is 13.2. The van der Waals surface area contributed by atoms with E-state index in [1.807, 2.05) is 30.3 Å². The number of hydrogen-bond acceptors (Lipinski definition) is 9. The molecule has 10 nitrogen and oxygen atoms in total. The van der Waals surface area contributed by atoms with Crippen molar-refractivity contribution in [3.63, 3.8) is 0 Å². The van der Waals surface area contributed by atoms with Gasteiger partial charge in [0, 0.05) is 56.4 Å². The second-order valence-corrected chi connectivity index (χ2v) is 9.19. The average Bonchev–Trinajstić information content (AvgIpc) is 2.91. The van der Waals surface area contributed by atoms with Crippen molar-refractivity contribution in [2.24, 2.45) is 0 Å². The molecule has 2 N–H and O–H groups in total. The zero-order chi connectivity index (χ0) is 26.4. The molecule has 0 amide bonds. The maximum absolute atomic E-state index is 11.6. The first kappa shape index (κ1) is 28.2. The highest BCUT2D eigenvalue weighted by atomic mass is 16.5. The molecule has 1 saturated heterocycles. The minimum atomic E-state index is -0.0999. The van der Waals surface area contributed by atoms with Gasteiger partial charge in [0.2, 0.25) is 5.56 Å². The van der Waals surface area contributed by atoms with E-state index in [9.17, 15) is 9.90 Å². The molecule has 3 aromatic rings. The van der Waals surface area contributed by atoms with Crippen LogP contribution in [0.3, 0.4) is 0 Å². The maximum Gasteiger partial charge on any atom is 0.248 e. The number of para-hydroxylation sites is 1. The van der Waals surface area contributed by atoms with E-state index < -0.39 is 0 Å². The monoisotopic (exact) mass is 526 g/mol. The van der Waals surface area contributed by atoms with Gasteiger partial charge in [0.25, 0.3) is 0 Å². The van der Waals surface area contributed by atoms with Gasteiger partial charge >= 0.3 is 0 Å². The molecule has 0 aliphatic carbocycles. The summed E-state index contributed by atoms with van der Waals surface area (Å²) in [6.07, 6.45) is 0. The van der Waals surface area contributed by atoms with Crippen LogP contribution in [0.5, 0.6) is 5.75 Å². The maximum atomic E-state index is 11.6. The molecular formula is C28H38N4O6. The SMILES string of the molecule is O=c1cccc(CN2CCOCCOCCN(Cc3ccc4cccc(O)c4n3)CCOCCOCC2)[nH]1. The standard InChI is InChI=1S/C28H38N4O6/c33-26-5-1-3-23-7-8-25(30-28(23)26)22-32-11-15-37-19-17-35-13-9-31(10-14-36-18-20-38-16-12-32)21-24-4-2-6-27(34)29-24/h1-8,33H,9-22H2,(H,29,34). The summed E-state index contributed by atoms with van der Waals surface area (Å²) in [5.74, 6) is 0.189. The Bertz CT molecular complexity index is 1150. The fraction of sp³-hybridized carbons (Fsp3) is 0.500. The molecule has 0 atom stereocenters. The number of nitrogens with zero attached hydrogens (tertiary/aromatic N) is 3. The van der Waals surface area contributed by atoms with E-state index in [0.29, 0.717) is 71.5 Å². The number of ether oxygens (including phenoxy) is 4. The van der Waals surface area contributed by atoms with Gasteiger partial charge in [-0.1, -0.05) is 24.3 Å². The minimum Gasteiger partial charge on any atom is -0.506 e. The summed E-state index contributed by atoms with van der Waals surface area (Å²) in [5, 5.41) is 11.1. The van der Waals surface area contributed by atoms with Crippen LogP contribution in [0.15, 0.2) is 53.3 Å². The summed E-state index contributed by atoms with van der Waals surface area (Å²) in [5.41, 5.74) is 2.27. The number of aromatic hydroxyl groups is 1. The first-order chi connectivity index (χ1) is 18.7. The van der Waals surface area contributed by atoms with E-state index in [-0.39, 0.29) is 11.3 Å². The number of rotatable bonds is 4. The normalized spacial score (nSPS) is 18.6. The largest absolute Gasteiger partial charge is 0.506 e. The Labute approximate surface area is 223 Å². The van der Waals surface area contributed by atoms with Gasteiger partial charge in [0.05, 0.1) is 58.5 Å². The molecule has 3 heterocycles. The van der Waals surface area contributed by atoms with Crippen molar-refractivity contribution in [3.8, 4) is 5.75 Å². The summed E-state index contributed by atoms with van der Waals surface area (Å²) < 4.78 is 23.3. The second kappa shape index (κ2) is 15.5. The predicted octanol–water partition coefficient (Wildman–Crippen LogP) is 2.01. The summed E-state index contributed by atoms with van der Waals surface area (Å²) in [6, 6.07) is 14.6. The molecule has 0 unspecified atom stereocenters. The van der Waals surface area contributed by atoms with E-state index >= 15 is 0 Å². The minimum absolute atomic E-state index is 0.0999. The fourth-order valence-corrected chi connectivity index (χ4v) is 4.27. The Balaban J connectivity index is 1.27. The highest BCUT2D eigenvalue weighted by molar-refractivity contribution is 5.84. The van der Waals surface area contributed by atoms with Crippen LogP contribution in [0, 0.1) is 0 Å². The number of benzene rings is 1. The Morgan fingerprint density at radius 3 is 1.89 bits per heavy atom. The van der Waals surface area contributed by atoms with Gasteiger partial charge in [-0.25, -0.2) is 4.98 Å². The number of aromatic nitrogens is 2. The van der Waals surface area contributed by atoms with Crippen molar-refractivity contribution in [3.05, 3.63) is 70.3 Å². The Morgan fingerprint density at radius 2 is 1.29 bits per heavy atom. The molecule has 1 aliphatic heterocycles.